The zero-order valence-corrected chi connectivity index (χ0v) is 9.45. The van der Waals surface area contributed by atoms with Crippen LogP contribution in [0.3, 0.4) is 0 Å². The molecule has 16 heavy (non-hydrogen) atoms. The molecule has 4 nitrogen and oxygen atoms in total. The van der Waals surface area contributed by atoms with Crippen molar-refractivity contribution >= 4 is 11.2 Å². The quantitative estimate of drug-likeness (QED) is 0.763. The fourth-order valence-electron chi connectivity index (χ4n) is 2.29. The van der Waals surface area contributed by atoms with E-state index in [1.165, 1.54) is 12.8 Å². The van der Waals surface area contributed by atoms with Gasteiger partial charge in [0.25, 0.3) is 0 Å². The maximum absolute atomic E-state index is 4.60. The van der Waals surface area contributed by atoms with E-state index < -0.39 is 0 Å². The van der Waals surface area contributed by atoms with Crippen molar-refractivity contribution in [1.29, 1.82) is 0 Å². The largest absolute Gasteiger partial charge is 0.340 e. The van der Waals surface area contributed by atoms with Crippen molar-refractivity contribution < 1.29 is 0 Å². The summed E-state index contributed by atoms with van der Waals surface area (Å²) in [7, 11) is 0. The molecule has 0 atom stereocenters. The Kier molecular flexibility index (Phi) is 2.36. The lowest BCUT2D eigenvalue weighted by atomic mass is 9.98. The normalized spacial score (nSPS) is 18.1. The smallest absolute Gasteiger partial charge is 0.177 e. The molecule has 2 N–H and O–H groups in total. The van der Waals surface area contributed by atoms with Crippen LogP contribution < -0.4 is 5.32 Å². The first-order valence-corrected chi connectivity index (χ1v) is 5.87. The Balaban J connectivity index is 1.97. The number of pyridine rings is 1. The third kappa shape index (κ3) is 1.69. The van der Waals surface area contributed by atoms with Crippen molar-refractivity contribution in [2.45, 2.75) is 25.7 Å². The van der Waals surface area contributed by atoms with Crippen molar-refractivity contribution in [2.75, 3.05) is 13.1 Å². The number of rotatable bonds is 1. The molecule has 3 heterocycles. The summed E-state index contributed by atoms with van der Waals surface area (Å²) < 4.78 is 0. The third-order valence-corrected chi connectivity index (χ3v) is 3.23. The molecule has 2 aromatic rings. The molecular formula is C12H16N4. The molecule has 1 aliphatic heterocycles. The highest BCUT2D eigenvalue weighted by Crippen LogP contribution is 2.24. The van der Waals surface area contributed by atoms with Gasteiger partial charge in [-0.1, -0.05) is 0 Å². The molecule has 1 saturated heterocycles. The third-order valence-electron chi connectivity index (χ3n) is 3.23. The van der Waals surface area contributed by atoms with Gasteiger partial charge in [-0.3, -0.25) is 0 Å². The van der Waals surface area contributed by atoms with Gasteiger partial charge in [-0.25, -0.2) is 9.97 Å². The van der Waals surface area contributed by atoms with E-state index in [4.69, 9.17) is 0 Å². The summed E-state index contributed by atoms with van der Waals surface area (Å²) in [5, 5.41) is 3.37. The Labute approximate surface area is 94.5 Å². The first kappa shape index (κ1) is 9.78. The molecule has 4 heteroatoms. The number of aromatic amines is 1. The lowest BCUT2D eigenvalue weighted by molar-refractivity contribution is 0.448. The van der Waals surface area contributed by atoms with Gasteiger partial charge in [0.2, 0.25) is 0 Å². The fourth-order valence-corrected chi connectivity index (χ4v) is 2.29. The highest BCUT2D eigenvalue weighted by Gasteiger charge is 2.18. The first-order valence-electron chi connectivity index (χ1n) is 5.87. The molecule has 3 rings (SSSR count). The van der Waals surface area contributed by atoms with Crippen molar-refractivity contribution in [3.63, 3.8) is 0 Å². The van der Waals surface area contributed by atoms with Crippen molar-refractivity contribution in [3.8, 4) is 0 Å². The number of hydrogen-bond acceptors (Lipinski definition) is 3. The number of hydrogen-bond donors (Lipinski definition) is 2. The minimum atomic E-state index is 0.566. The Morgan fingerprint density at radius 1 is 1.19 bits per heavy atom. The van der Waals surface area contributed by atoms with E-state index in [9.17, 15) is 0 Å². The van der Waals surface area contributed by atoms with Gasteiger partial charge in [0.1, 0.15) is 5.82 Å². The SMILES string of the molecule is Cc1ccc2[nH]c(C3CCNCC3)nc2n1. The highest BCUT2D eigenvalue weighted by molar-refractivity contribution is 5.70. The molecule has 0 saturated carbocycles. The van der Waals surface area contributed by atoms with Crippen LogP contribution in [0.4, 0.5) is 0 Å². The predicted octanol–water partition coefficient (Wildman–Crippen LogP) is 1.73. The van der Waals surface area contributed by atoms with E-state index in [2.05, 4.69) is 26.3 Å². The molecule has 0 bridgehead atoms. The molecule has 0 aromatic carbocycles. The van der Waals surface area contributed by atoms with Crippen LogP contribution in [0.25, 0.3) is 11.2 Å². The molecule has 0 amide bonds. The van der Waals surface area contributed by atoms with Gasteiger partial charge in [-0.15, -0.1) is 0 Å². The van der Waals surface area contributed by atoms with Crippen LogP contribution in [0, 0.1) is 6.92 Å². The van der Waals surface area contributed by atoms with Crippen LogP contribution >= 0.6 is 0 Å². The van der Waals surface area contributed by atoms with E-state index in [-0.39, 0.29) is 0 Å². The van der Waals surface area contributed by atoms with E-state index in [0.717, 1.165) is 35.8 Å². The molecule has 1 fully saturated rings. The molecule has 84 valence electrons. The minimum absolute atomic E-state index is 0.566. The predicted molar refractivity (Wildman–Crippen MR) is 63.5 cm³/mol. The summed E-state index contributed by atoms with van der Waals surface area (Å²) in [5.41, 5.74) is 2.93. The summed E-state index contributed by atoms with van der Waals surface area (Å²) >= 11 is 0. The number of imidazole rings is 1. The molecule has 0 spiro atoms. The molecule has 1 aliphatic rings. The van der Waals surface area contributed by atoms with E-state index in [1.54, 1.807) is 0 Å². The molecule has 2 aromatic heterocycles. The topological polar surface area (TPSA) is 53.6 Å². The van der Waals surface area contributed by atoms with Crippen LogP contribution in [0.5, 0.6) is 0 Å². The van der Waals surface area contributed by atoms with Gasteiger partial charge >= 0.3 is 0 Å². The second-order valence-corrected chi connectivity index (χ2v) is 4.47. The van der Waals surface area contributed by atoms with E-state index in [1.807, 2.05) is 13.0 Å². The fraction of sp³-hybridized carbons (Fsp3) is 0.500. The Bertz CT molecular complexity index is 497. The van der Waals surface area contributed by atoms with Crippen molar-refractivity contribution in [3.05, 3.63) is 23.7 Å². The number of fused-ring (bicyclic) bond motifs is 1. The zero-order valence-electron chi connectivity index (χ0n) is 9.45. The van der Waals surface area contributed by atoms with Gasteiger partial charge < -0.3 is 10.3 Å². The molecule has 0 radical (unpaired) electrons. The van der Waals surface area contributed by atoms with E-state index >= 15 is 0 Å². The highest BCUT2D eigenvalue weighted by atomic mass is 15.0. The number of nitrogens with zero attached hydrogens (tertiary/aromatic N) is 2. The molecule has 0 unspecified atom stereocenters. The number of piperidine rings is 1. The van der Waals surface area contributed by atoms with Crippen molar-refractivity contribution in [2.24, 2.45) is 0 Å². The summed E-state index contributed by atoms with van der Waals surface area (Å²) in [5.74, 6) is 1.67. The maximum atomic E-state index is 4.60. The average Bonchev–Trinajstić information content (AvgIpc) is 2.73. The first-order chi connectivity index (χ1) is 7.83. The summed E-state index contributed by atoms with van der Waals surface area (Å²) in [4.78, 5) is 12.4. The number of aryl methyl sites for hydroxylation is 1. The average molecular weight is 216 g/mol. The standard InChI is InChI=1S/C12H16N4/c1-8-2-3-10-12(14-8)16-11(15-10)9-4-6-13-7-5-9/h2-3,9,13H,4-7H2,1H3,(H,14,15,16). The Morgan fingerprint density at radius 2 is 2.00 bits per heavy atom. The van der Waals surface area contributed by atoms with Gasteiger partial charge in [0.15, 0.2) is 5.65 Å². The van der Waals surface area contributed by atoms with Crippen molar-refractivity contribution in [1.82, 2.24) is 20.3 Å². The van der Waals surface area contributed by atoms with Crippen LogP contribution in [0.1, 0.15) is 30.3 Å². The minimum Gasteiger partial charge on any atom is -0.340 e. The zero-order chi connectivity index (χ0) is 11.0. The van der Waals surface area contributed by atoms with Crippen LogP contribution in [0.15, 0.2) is 12.1 Å². The van der Waals surface area contributed by atoms with E-state index in [0.29, 0.717) is 5.92 Å². The van der Waals surface area contributed by atoms with Crippen LogP contribution in [-0.4, -0.2) is 28.0 Å². The van der Waals surface area contributed by atoms with Gasteiger partial charge in [0.05, 0.1) is 5.52 Å². The van der Waals surface area contributed by atoms with Gasteiger partial charge in [-0.2, -0.15) is 0 Å². The van der Waals surface area contributed by atoms with Gasteiger partial charge in [0, 0.05) is 11.6 Å². The lowest BCUT2D eigenvalue weighted by Crippen LogP contribution is -2.27. The monoisotopic (exact) mass is 216 g/mol. The van der Waals surface area contributed by atoms with Crippen LogP contribution in [-0.2, 0) is 0 Å². The van der Waals surface area contributed by atoms with Gasteiger partial charge in [-0.05, 0) is 45.0 Å². The second kappa shape index (κ2) is 3.87. The Morgan fingerprint density at radius 3 is 2.81 bits per heavy atom. The number of H-pyrrole nitrogens is 1. The Hall–Kier alpha value is -1.42. The second-order valence-electron chi connectivity index (χ2n) is 4.47. The number of aromatic nitrogens is 3. The summed E-state index contributed by atoms with van der Waals surface area (Å²) in [6, 6.07) is 4.09. The summed E-state index contributed by atoms with van der Waals surface area (Å²) in [6.07, 6.45) is 2.33. The lowest BCUT2D eigenvalue weighted by Gasteiger charge is -2.20. The number of nitrogens with one attached hydrogen (secondary N) is 2. The van der Waals surface area contributed by atoms with Crippen LogP contribution in [0.2, 0.25) is 0 Å². The molecule has 0 aliphatic carbocycles. The summed E-state index contributed by atoms with van der Waals surface area (Å²) in [6.45, 7) is 4.18. The molecular weight excluding hydrogens is 200 g/mol. The maximum Gasteiger partial charge on any atom is 0.177 e.